The van der Waals surface area contributed by atoms with Crippen LogP contribution in [0.1, 0.15) is 19.3 Å². The molecule has 1 unspecified atom stereocenters. The van der Waals surface area contributed by atoms with Gasteiger partial charge in [-0.05, 0) is 19.3 Å². The molecule has 0 saturated carbocycles. The van der Waals surface area contributed by atoms with E-state index in [1.807, 2.05) is 0 Å². The normalized spacial score (nSPS) is 24.6. The van der Waals surface area contributed by atoms with Gasteiger partial charge in [-0.2, -0.15) is 30.6 Å². The summed E-state index contributed by atoms with van der Waals surface area (Å²) in [6, 6.07) is 0. The molecule has 1 fully saturated rings. The molecule has 16 heavy (non-hydrogen) atoms. The molecule has 0 bridgehead atoms. The topological polar surface area (TPSA) is 75.4 Å². The van der Waals surface area contributed by atoms with E-state index in [9.17, 15) is 21.6 Å². The molecule has 0 aliphatic carbocycles. The molecule has 0 aromatic heterocycles. The minimum absolute atomic E-state index is 0.161. The van der Waals surface area contributed by atoms with Crippen LogP contribution >= 0.6 is 0 Å². The Morgan fingerprint density at radius 3 is 2.50 bits per heavy atom. The molecular formula is C7H14F3N3O2S. The van der Waals surface area contributed by atoms with Crippen molar-refractivity contribution < 1.29 is 21.6 Å². The Hall–Kier alpha value is -0.380. The van der Waals surface area contributed by atoms with Crippen LogP contribution in [-0.2, 0) is 10.2 Å². The zero-order chi connectivity index (χ0) is 12.4. The summed E-state index contributed by atoms with van der Waals surface area (Å²) in [4.78, 5) is 0. The summed E-state index contributed by atoms with van der Waals surface area (Å²) < 4.78 is 60.9. The Kier molecular flexibility index (Phi) is 4.16. The van der Waals surface area contributed by atoms with Crippen LogP contribution in [0.25, 0.3) is 0 Å². The van der Waals surface area contributed by atoms with Crippen LogP contribution in [0.2, 0.25) is 0 Å². The third kappa shape index (κ3) is 3.89. The fourth-order valence-electron chi connectivity index (χ4n) is 1.49. The van der Waals surface area contributed by atoms with Gasteiger partial charge in [0.15, 0.2) is 0 Å². The summed E-state index contributed by atoms with van der Waals surface area (Å²) in [6.07, 6.45) is -3.44. The minimum Gasteiger partial charge on any atom is -0.315 e. The van der Waals surface area contributed by atoms with Gasteiger partial charge in [-0.25, -0.2) is 0 Å². The third-order valence-corrected chi connectivity index (χ3v) is 3.84. The highest BCUT2D eigenvalue weighted by molar-refractivity contribution is 7.87. The fourth-order valence-corrected chi connectivity index (χ4v) is 2.83. The molecule has 1 aliphatic rings. The molecule has 1 rings (SSSR count). The van der Waals surface area contributed by atoms with Crippen molar-refractivity contribution in [3.63, 3.8) is 0 Å². The van der Waals surface area contributed by atoms with Crippen LogP contribution in [0.5, 0.6) is 0 Å². The van der Waals surface area contributed by atoms with Gasteiger partial charge >= 0.3 is 6.18 Å². The van der Waals surface area contributed by atoms with E-state index >= 15 is 0 Å². The van der Waals surface area contributed by atoms with Crippen molar-refractivity contribution in [1.29, 1.82) is 0 Å². The lowest BCUT2D eigenvalue weighted by molar-refractivity contribution is -0.121. The van der Waals surface area contributed by atoms with Gasteiger partial charge in [-0.3, -0.25) is 0 Å². The maximum absolute atomic E-state index is 11.9. The SMILES string of the molecule is NC1CCCCN1S(=O)(=O)NCC(F)(F)F. The Morgan fingerprint density at radius 1 is 1.38 bits per heavy atom. The van der Waals surface area contributed by atoms with Crippen molar-refractivity contribution in [3.05, 3.63) is 0 Å². The quantitative estimate of drug-likeness (QED) is 0.759. The van der Waals surface area contributed by atoms with E-state index < -0.39 is 29.1 Å². The minimum atomic E-state index is -4.56. The van der Waals surface area contributed by atoms with Crippen LogP contribution in [0.4, 0.5) is 13.2 Å². The van der Waals surface area contributed by atoms with Crippen molar-refractivity contribution in [2.45, 2.75) is 31.6 Å². The van der Waals surface area contributed by atoms with E-state index in [1.54, 1.807) is 0 Å². The summed E-state index contributed by atoms with van der Waals surface area (Å²) in [7, 11) is -4.13. The van der Waals surface area contributed by atoms with Gasteiger partial charge in [0.25, 0.3) is 10.2 Å². The maximum atomic E-state index is 11.9. The smallest absolute Gasteiger partial charge is 0.315 e. The van der Waals surface area contributed by atoms with Crippen molar-refractivity contribution in [3.8, 4) is 0 Å². The van der Waals surface area contributed by atoms with Gasteiger partial charge < -0.3 is 5.73 Å². The third-order valence-electron chi connectivity index (χ3n) is 2.26. The molecule has 1 aliphatic heterocycles. The summed E-state index contributed by atoms with van der Waals surface area (Å²) in [6.45, 7) is -1.41. The summed E-state index contributed by atoms with van der Waals surface area (Å²) in [5.74, 6) is 0. The first-order valence-electron chi connectivity index (χ1n) is 4.81. The number of piperidine rings is 1. The summed E-state index contributed by atoms with van der Waals surface area (Å²) in [5.41, 5.74) is 5.53. The second kappa shape index (κ2) is 4.86. The average Bonchev–Trinajstić information content (AvgIpc) is 2.14. The standard InChI is InChI=1S/C7H14F3N3O2S/c8-7(9,10)5-12-16(14,15)13-4-2-1-3-6(13)11/h6,12H,1-5,11H2. The van der Waals surface area contributed by atoms with Gasteiger partial charge in [-0.1, -0.05) is 0 Å². The molecule has 5 nitrogen and oxygen atoms in total. The number of hydrogen-bond donors (Lipinski definition) is 2. The molecule has 0 amide bonds. The van der Waals surface area contributed by atoms with Crippen LogP contribution < -0.4 is 10.5 Å². The summed E-state index contributed by atoms with van der Waals surface area (Å²) in [5, 5.41) is 0. The van der Waals surface area contributed by atoms with Crippen molar-refractivity contribution in [2.75, 3.05) is 13.1 Å². The molecule has 0 spiro atoms. The zero-order valence-corrected chi connectivity index (χ0v) is 9.31. The lowest BCUT2D eigenvalue weighted by atomic mass is 10.1. The Labute approximate surface area is 92.0 Å². The van der Waals surface area contributed by atoms with Crippen LogP contribution in [0.15, 0.2) is 0 Å². The van der Waals surface area contributed by atoms with Crippen LogP contribution in [0, 0.1) is 0 Å². The summed E-state index contributed by atoms with van der Waals surface area (Å²) >= 11 is 0. The number of alkyl halides is 3. The van der Waals surface area contributed by atoms with E-state index in [2.05, 4.69) is 0 Å². The predicted molar refractivity (Wildman–Crippen MR) is 51.5 cm³/mol. The molecule has 96 valence electrons. The van der Waals surface area contributed by atoms with Crippen molar-refractivity contribution in [1.82, 2.24) is 9.03 Å². The molecule has 1 atom stereocenters. The first kappa shape index (κ1) is 13.7. The van der Waals surface area contributed by atoms with E-state index in [4.69, 9.17) is 5.73 Å². The monoisotopic (exact) mass is 261 g/mol. The van der Waals surface area contributed by atoms with Crippen LogP contribution in [-0.4, -0.2) is 38.2 Å². The molecule has 1 saturated heterocycles. The molecule has 0 aromatic carbocycles. The predicted octanol–water partition coefficient (Wildman–Crippen LogP) is 0.154. The Morgan fingerprint density at radius 2 is 2.00 bits per heavy atom. The van der Waals surface area contributed by atoms with E-state index in [0.29, 0.717) is 12.8 Å². The number of nitrogens with zero attached hydrogens (tertiary/aromatic N) is 1. The second-order valence-electron chi connectivity index (χ2n) is 3.62. The number of nitrogens with two attached hydrogens (primary N) is 1. The van der Waals surface area contributed by atoms with Crippen LogP contribution in [0.3, 0.4) is 0 Å². The van der Waals surface area contributed by atoms with Gasteiger partial charge in [0.1, 0.15) is 6.54 Å². The zero-order valence-electron chi connectivity index (χ0n) is 8.50. The van der Waals surface area contributed by atoms with Crippen molar-refractivity contribution >= 4 is 10.2 Å². The van der Waals surface area contributed by atoms with E-state index in [0.717, 1.165) is 10.7 Å². The average molecular weight is 261 g/mol. The molecule has 0 aromatic rings. The first-order valence-corrected chi connectivity index (χ1v) is 6.25. The van der Waals surface area contributed by atoms with Gasteiger partial charge in [0.05, 0.1) is 6.17 Å². The number of rotatable bonds is 3. The lowest BCUT2D eigenvalue weighted by Crippen LogP contribution is -2.53. The number of halogens is 3. The molecule has 3 N–H and O–H groups in total. The molecule has 9 heteroatoms. The lowest BCUT2D eigenvalue weighted by Gasteiger charge is -2.31. The highest BCUT2D eigenvalue weighted by atomic mass is 32.2. The van der Waals surface area contributed by atoms with Gasteiger partial charge in [0, 0.05) is 6.54 Å². The molecule has 0 radical (unpaired) electrons. The van der Waals surface area contributed by atoms with Gasteiger partial charge in [0.2, 0.25) is 0 Å². The highest BCUT2D eigenvalue weighted by Crippen LogP contribution is 2.18. The first-order chi connectivity index (χ1) is 7.22. The largest absolute Gasteiger partial charge is 0.402 e. The van der Waals surface area contributed by atoms with Crippen molar-refractivity contribution in [2.24, 2.45) is 5.73 Å². The number of nitrogens with one attached hydrogen (secondary N) is 1. The Balaban J connectivity index is 2.62. The van der Waals surface area contributed by atoms with Gasteiger partial charge in [-0.15, -0.1) is 0 Å². The van der Waals surface area contributed by atoms with E-state index in [-0.39, 0.29) is 6.54 Å². The fraction of sp³-hybridized carbons (Fsp3) is 1.00. The Bertz CT molecular complexity index is 330. The molecular weight excluding hydrogens is 247 g/mol. The van der Waals surface area contributed by atoms with E-state index in [1.165, 1.54) is 4.72 Å². The highest BCUT2D eigenvalue weighted by Gasteiger charge is 2.34. The molecule has 1 heterocycles. The second-order valence-corrected chi connectivity index (χ2v) is 5.32. The number of hydrogen-bond acceptors (Lipinski definition) is 3. The maximum Gasteiger partial charge on any atom is 0.402 e.